The van der Waals surface area contributed by atoms with Crippen molar-refractivity contribution < 1.29 is 4.74 Å². The van der Waals surface area contributed by atoms with Crippen LogP contribution in [0.4, 0.5) is 5.95 Å². The van der Waals surface area contributed by atoms with E-state index in [1.807, 2.05) is 53.4 Å². The van der Waals surface area contributed by atoms with E-state index in [0.29, 0.717) is 12.5 Å². The number of ether oxygens (including phenoxy) is 1. The molecule has 118 valence electrons. The van der Waals surface area contributed by atoms with Gasteiger partial charge in [-0.2, -0.15) is 4.98 Å². The van der Waals surface area contributed by atoms with Gasteiger partial charge in [-0.1, -0.05) is 12.1 Å². The van der Waals surface area contributed by atoms with Crippen LogP contribution in [0.2, 0.25) is 0 Å². The topological polar surface area (TPSA) is 66.0 Å². The number of aromatic nitrogens is 3. The molecule has 2 aromatic heterocycles. The molecule has 0 unspecified atom stereocenters. The van der Waals surface area contributed by atoms with Crippen molar-refractivity contribution in [3.63, 3.8) is 0 Å². The maximum atomic E-state index is 5.74. The van der Waals surface area contributed by atoms with Crippen molar-refractivity contribution in [3.05, 3.63) is 55.0 Å². The van der Waals surface area contributed by atoms with Crippen LogP contribution in [0.1, 0.15) is 6.42 Å². The van der Waals surface area contributed by atoms with Crippen molar-refractivity contribution in [2.45, 2.75) is 6.42 Å². The van der Waals surface area contributed by atoms with Gasteiger partial charge >= 0.3 is 0 Å². The fourth-order valence-electron chi connectivity index (χ4n) is 2.24. The first-order valence-electron chi connectivity index (χ1n) is 7.33. The molecule has 0 fully saturated rings. The lowest BCUT2D eigenvalue weighted by Gasteiger charge is -2.11. The van der Waals surface area contributed by atoms with Crippen LogP contribution in [0.25, 0.3) is 16.9 Å². The van der Waals surface area contributed by atoms with E-state index in [0.717, 1.165) is 29.1 Å². The summed E-state index contributed by atoms with van der Waals surface area (Å²) in [7, 11) is 0. The van der Waals surface area contributed by atoms with Gasteiger partial charge in [0, 0.05) is 30.0 Å². The lowest BCUT2D eigenvalue weighted by atomic mass is 10.1. The summed E-state index contributed by atoms with van der Waals surface area (Å²) in [6.45, 7) is 0.614. The van der Waals surface area contributed by atoms with Gasteiger partial charge in [0.25, 0.3) is 0 Å². The third-order valence-corrected chi connectivity index (χ3v) is 3.62. The van der Waals surface area contributed by atoms with E-state index >= 15 is 0 Å². The van der Waals surface area contributed by atoms with Crippen LogP contribution in [-0.4, -0.2) is 27.0 Å². The molecule has 0 aliphatic heterocycles. The zero-order chi connectivity index (χ0) is 16.1. The molecule has 0 bridgehead atoms. The van der Waals surface area contributed by atoms with Crippen LogP contribution in [0.15, 0.2) is 55.0 Å². The molecule has 0 saturated heterocycles. The number of benzene rings is 1. The molecule has 0 aliphatic rings. The second-order valence-electron chi connectivity index (χ2n) is 4.97. The second-order valence-corrected chi connectivity index (χ2v) is 5.35. The van der Waals surface area contributed by atoms with Crippen LogP contribution in [0.3, 0.4) is 0 Å². The highest BCUT2D eigenvalue weighted by Crippen LogP contribution is 2.27. The Morgan fingerprint density at radius 1 is 1.13 bits per heavy atom. The lowest BCUT2D eigenvalue weighted by molar-refractivity contribution is 0.318. The van der Waals surface area contributed by atoms with Crippen LogP contribution in [0.5, 0.6) is 5.75 Å². The number of nitrogens with zero attached hydrogens (tertiary/aromatic N) is 3. The van der Waals surface area contributed by atoms with Gasteiger partial charge in [0.15, 0.2) is 0 Å². The van der Waals surface area contributed by atoms with E-state index in [1.54, 1.807) is 6.20 Å². The van der Waals surface area contributed by atoms with Gasteiger partial charge < -0.3 is 15.0 Å². The van der Waals surface area contributed by atoms with Gasteiger partial charge in [0.1, 0.15) is 11.6 Å². The molecule has 23 heavy (non-hydrogen) atoms. The summed E-state index contributed by atoms with van der Waals surface area (Å²) >= 11 is 5.65. The first-order valence-corrected chi connectivity index (χ1v) is 7.86. The Labute approximate surface area is 139 Å². The molecule has 2 heterocycles. The first-order chi connectivity index (χ1) is 11.3. The predicted molar refractivity (Wildman–Crippen MR) is 92.0 cm³/mol. The highest BCUT2D eigenvalue weighted by atomic mass is 35.5. The molecular weight excluding hydrogens is 312 g/mol. The minimum absolute atomic E-state index is 0.249. The van der Waals surface area contributed by atoms with Crippen LogP contribution >= 0.6 is 11.6 Å². The van der Waals surface area contributed by atoms with Crippen molar-refractivity contribution in [2.24, 2.45) is 0 Å². The molecule has 0 atom stereocenters. The van der Waals surface area contributed by atoms with E-state index in [-0.39, 0.29) is 5.95 Å². The molecule has 0 spiro atoms. The van der Waals surface area contributed by atoms with E-state index in [2.05, 4.69) is 9.97 Å². The fourth-order valence-corrected chi connectivity index (χ4v) is 2.35. The Bertz CT molecular complexity index is 757. The zero-order valence-electron chi connectivity index (χ0n) is 12.5. The Morgan fingerprint density at radius 3 is 2.57 bits per heavy atom. The van der Waals surface area contributed by atoms with E-state index in [4.69, 9.17) is 22.1 Å². The summed E-state index contributed by atoms with van der Waals surface area (Å²) < 4.78 is 7.53. The number of halogens is 1. The molecular formula is C17H17ClN4O. The number of alkyl halides is 1. The summed E-state index contributed by atoms with van der Waals surface area (Å²) in [4.78, 5) is 8.48. The van der Waals surface area contributed by atoms with Gasteiger partial charge in [0.05, 0.1) is 6.61 Å². The molecule has 6 heteroatoms. The first kappa shape index (κ1) is 15.4. The van der Waals surface area contributed by atoms with Gasteiger partial charge in [0.2, 0.25) is 5.95 Å². The Balaban J connectivity index is 1.90. The van der Waals surface area contributed by atoms with Gasteiger partial charge in [-0.3, -0.25) is 0 Å². The minimum atomic E-state index is 0.249. The monoisotopic (exact) mass is 328 g/mol. The summed E-state index contributed by atoms with van der Waals surface area (Å²) in [5.41, 5.74) is 7.64. The van der Waals surface area contributed by atoms with Crippen LogP contribution in [0, 0.1) is 0 Å². The fraction of sp³-hybridized carbons (Fsp3) is 0.176. The SMILES string of the molecule is Nc1ncc(-c2ccc(OCCCCl)cc2)c(-n2cccc2)n1. The molecule has 0 amide bonds. The van der Waals surface area contributed by atoms with Crippen LogP contribution < -0.4 is 10.5 Å². The average Bonchev–Trinajstić information content (AvgIpc) is 3.10. The van der Waals surface area contributed by atoms with Crippen molar-refractivity contribution in [1.29, 1.82) is 0 Å². The summed E-state index contributed by atoms with van der Waals surface area (Å²) in [6, 6.07) is 11.7. The predicted octanol–water partition coefficient (Wildman–Crippen LogP) is 3.52. The standard InChI is InChI=1S/C17H17ClN4O/c18-8-3-11-23-14-6-4-13(5-7-14)15-12-20-17(19)21-16(15)22-9-1-2-10-22/h1-2,4-7,9-10,12H,3,8,11H2,(H2,19,20,21). The third kappa shape index (κ3) is 3.63. The highest BCUT2D eigenvalue weighted by molar-refractivity contribution is 6.17. The Hall–Kier alpha value is -2.53. The van der Waals surface area contributed by atoms with Gasteiger partial charge in [-0.25, -0.2) is 4.98 Å². The van der Waals surface area contributed by atoms with Crippen molar-refractivity contribution >= 4 is 17.5 Å². The Morgan fingerprint density at radius 2 is 1.87 bits per heavy atom. The summed E-state index contributed by atoms with van der Waals surface area (Å²) in [5, 5.41) is 0. The van der Waals surface area contributed by atoms with E-state index in [9.17, 15) is 0 Å². The van der Waals surface area contributed by atoms with Crippen molar-refractivity contribution in [3.8, 4) is 22.7 Å². The molecule has 2 N–H and O–H groups in total. The summed E-state index contributed by atoms with van der Waals surface area (Å²) in [5.74, 6) is 2.41. The zero-order valence-corrected chi connectivity index (χ0v) is 13.3. The number of rotatable bonds is 6. The summed E-state index contributed by atoms with van der Waals surface area (Å²) in [6.07, 6.45) is 6.41. The number of nitrogen functional groups attached to an aromatic ring is 1. The van der Waals surface area contributed by atoms with E-state index < -0.39 is 0 Å². The van der Waals surface area contributed by atoms with Gasteiger partial charge in [-0.05, 0) is 36.2 Å². The smallest absolute Gasteiger partial charge is 0.221 e. The minimum Gasteiger partial charge on any atom is -0.494 e. The van der Waals surface area contributed by atoms with E-state index in [1.165, 1.54) is 0 Å². The lowest BCUT2D eigenvalue weighted by Crippen LogP contribution is -2.03. The maximum absolute atomic E-state index is 5.74. The normalized spacial score (nSPS) is 10.7. The molecule has 0 radical (unpaired) electrons. The number of hydrogen-bond acceptors (Lipinski definition) is 4. The molecule has 0 saturated carbocycles. The molecule has 0 aliphatic carbocycles. The molecule has 3 aromatic rings. The van der Waals surface area contributed by atoms with Gasteiger partial charge in [-0.15, -0.1) is 11.6 Å². The quantitative estimate of drug-likeness (QED) is 0.555. The number of anilines is 1. The average molecular weight is 329 g/mol. The number of hydrogen-bond donors (Lipinski definition) is 1. The largest absolute Gasteiger partial charge is 0.494 e. The molecule has 3 rings (SSSR count). The number of nitrogens with two attached hydrogens (primary N) is 1. The maximum Gasteiger partial charge on any atom is 0.221 e. The van der Waals surface area contributed by atoms with Crippen molar-refractivity contribution in [2.75, 3.05) is 18.2 Å². The highest BCUT2D eigenvalue weighted by Gasteiger charge is 2.10. The molecule has 5 nitrogen and oxygen atoms in total. The third-order valence-electron chi connectivity index (χ3n) is 3.35. The van der Waals surface area contributed by atoms with Crippen molar-refractivity contribution in [1.82, 2.24) is 14.5 Å². The second kappa shape index (κ2) is 7.15. The molecule has 1 aromatic carbocycles. The Kier molecular flexibility index (Phi) is 4.78. The van der Waals surface area contributed by atoms with Crippen LogP contribution in [-0.2, 0) is 0 Å².